The number of phenols is 1. The molecule has 0 saturated carbocycles. The maximum absolute atomic E-state index is 13.4. The molecular formula is C26H19ClF3NO5. The number of benzene rings is 3. The molecule has 1 atom stereocenters. The number of carbonyl (C=O) groups excluding carboxylic acids is 2. The van der Waals surface area contributed by atoms with Gasteiger partial charge in [-0.3, -0.25) is 14.5 Å². The highest BCUT2D eigenvalue weighted by Gasteiger charge is 2.47. The Hall–Kier alpha value is -3.98. The molecule has 3 aromatic rings. The summed E-state index contributed by atoms with van der Waals surface area (Å²) < 4.78 is 45.6. The van der Waals surface area contributed by atoms with Gasteiger partial charge in [0.25, 0.3) is 11.7 Å². The molecule has 36 heavy (non-hydrogen) atoms. The molecule has 3 aromatic carbocycles. The molecule has 4 rings (SSSR count). The second-order valence-electron chi connectivity index (χ2n) is 7.88. The van der Waals surface area contributed by atoms with Crippen LogP contribution < -0.4 is 9.64 Å². The summed E-state index contributed by atoms with van der Waals surface area (Å²) in [6.45, 7) is 2.06. The normalized spacial score (nSPS) is 17.5. The van der Waals surface area contributed by atoms with Gasteiger partial charge in [0.1, 0.15) is 17.3 Å². The number of carbonyl (C=O) groups is 2. The number of ether oxygens (including phenoxy) is 1. The van der Waals surface area contributed by atoms with Crippen LogP contribution in [0.5, 0.6) is 11.5 Å². The molecule has 6 nitrogen and oxygen atoms in total. The second kappa shape index (κ2) is 9.58. The summed E-state index contributed by atoms with van der Waals surface area (Å²) in [5.41, 5.74) is -1.31. The fraction of sp³-hybridized carbons (Fsp3) is 0.154. The summed E-state index contributed by atoms with van der Waals surface area (Å²) in [6.07, 6.45) is -4.69. The molecule has 1 aliphatic heterocycles. The molecule has 0 aromatic heterocycles. The van der Waals surface area contributed by atoms with Crippen molar-refractivity contribution >= 4 is 34.7 Å². The third kappa shape index (κ3) is 4.61. The Bertz CT molecular complexity index is 1370. The molecule has 1 amide bonds. The monoisotopic (exact) mass is 517 g/mol. The van der Waals surface area contributed by atoms with Gasteiger partial charge >= 0.3 is 6.18 Å². The number of nitrogens with zero attached hydrogens (tertiary/aromatic N) is 1. The Morgan fingerprint density at radius 3 is 2.39 bits per heavy atom. The number of Topliss-reactive ketones (excluding diaryl/α,β-unsaturated/α-hetero) is 1. The minimum Gasteiger partial charge on any atom is -0.508 e. The van der Waals surface area contributed by atoms with Gasteiger partial charge in [-0.25, -0.2) is 0 Å². The molecule has 1 unspecified atom stereocenters. The van der Waals surface area contributed by atoms with E-state index in [1.807, 2.05) is 0 Å². The summed E-state index contributed by atoms with van der Waals surface area (Å²) >= 11 is 6.28. The van der Waals surface area contributed by atoms with Gasteiger partial charge in [-0.1, -0.05) is 29.8 Å². The van der Waals surface area contributed by atoms with E-state index in [-0.39, 0.29) is 33.2 Å². The number of amides is 1. The van der Waals surface area contributed by atoms with Crippen LogP contribution in [-0.4, -0.2) is 28.5 Å². The van der Waals surface area contributed by atoms with Gasteiger partial charge in [0.15, 0.2) is 0 Å². The van der Waals surface area contributed by atoms with E-state index in [1.54, 1.807) is 13.0 Å². The molecule has 1 heterocycles. The average Bonchev–Trinajstić information content (AvgIpc) is 3.10. The molecule has 0 bridgehead atoms. The van der Waals surface area contributed by atoms with E-state index in [4.69, 9.17) is 16.3 Å². The number of aromatic hydroxyl groups is 1. The maximum Gasteiger partial charge on any atom is 0.416 e. The first-order valence-electron chi connectivity index (χ1n) is 10.7. The van der Waals surface area contributed by atoms with Crippen LogP contribution in [0, 0.1) is 0 Å². The van der Waals surface area contributed by atoms with E-state index >= 15 is 0 Å². The van der Waals surface area contributed by atoms with Crippen LogP contribution in [0.3, 0.4) is 0 Å². The van der Waals surface area contributed by atoms with Gasteiger partial charge < -0.3 is 14.9 Å². The van der Waals surface area contributed by atoms with E-state index in [9.17, 15) is 33.0 Å². The molecule has 10 heteroatoms. The van der Waals surface area contributed by atoms with Crippen molar-refractivity contribution in [2.45, 2.75) is 19.1 Å². The number of phenolic OH excluding ortho intramolecular Hbond substituents is 1. The number of aliphatic hydroxyl groups excluding tert-OH is 1. The molecule has 1 saturated heterocycles. The number of anilines is 1. The van der Waals surface area contributed by atoms with Crippen molar-refractivity contribution < 1.29 is 37.7 Å². The fourth-order valence-corrected chi connectivity index (χ4v) is 4.20. The number of halogens is 4. The van der Waals surface area contributed by atoms with Crippen molar-refractivity contribution in [3.63, 3.8) is 0 Å². The van der Waals surface area contributed by atoms with Crippen LogP contribution in [0.4, 0.5) is 18.9 Å². The summed E-state index contributed by atoms with van der Waals surface area (Å²) in [7, 11) is 0. The first-order chi connectivity index (χ1) is 17.0. The summed E-state index contributed by atoms with van der Waals surface area (Å²) in [4.78, 5) is 27.2. The SMILES string of the molecule is CCOc1ccc(Cl)c(/C(O)=C2\C(=O)C(=O)N(c3cccc(C(F)(F)F)c3)C2c2ccc(O)cc2)c1. The average molecular weight is 518 g/mol. The first-order valence-corrected chi connectivity index (χ1v) is 11.1. The second-order valence-corrected chi connectivity index (χ2v) is 8.29. The third-order valence-electron chi connectivity index (χ3n) is 5.61. The van der Waals surface area contributed by atoms with E-state index in [2.05, 4.69) is 0 Å². The lowest BCUT2D eigenvalue weighted by molar-refractivity contribution is -0.137. The highest BCUT2D eigenvalue weighted by atomic mass is 35.5. The van der Waals surface area contributed by atoms with Crippen molar-refractivity contribution in [2.75, 3.05) is 11.5 Å². The fourth-order valence-electron chi connectivity index (χ4n) is 3.99. The Morgan fingerprint density at radius 1 is 1.06 bits per heavy atom. The van der Waals surface area contributed by atoms with Gasteiger partial charge in [-0.2, -0.15) is 13.2 Å². The molecule has 0 radical (unpaired) electrons. The Morgan fingerprint density at radius 2 is 1.75 bits per heavy atom. The zero-order valence-corrected chi connectivity index (χ0v) is 19.5. The predicted octanol–water partition coefficient (Wildman–Crippen LogP) is 6.09. The van der Waals surface area contributed by atoms with Crippen molar-refractivity contribution in [2.24, 2.45) is 0 Å². The topological polar surface area (TPSA) is 87.1 Å². The maximum atomic E-state index is 13.4. The molecule has 2 N–H and O–H groups in total. The summed E-state index contributed by atoms with van der Waals surface area (Å²) in [6, 6.07) is 12.5. The van der Waals surface area contributed by atoms with E-state index in [0.29, 0.717) is 12.4 Å². The molecule has 0 spiro atoms. The predicted molar refractivity (Wildman–Crippen MR) is 127 cm³/mol. The summed E-state index contributed by atoms with van der Waals surface area (Å²) in [5, 5.41) is 21.0. The lowest BCUT2D eigenvalue weighted by Crippen LogP contribution is -2.29. The van der Waals surface area contributed by atoms with Crippen LogP contribution >= 0.6 is 11.6 Å². The van der Waals surface area contributed by atoms with E-state index in [0.717, 1.165) is 23.1 Å². The van der Waals surface area contributed by atoms with E-state index < -0.39 is 35.2 Å². The van der Waals surface area contributed by atoms with Gasteiger partial charge in [0.2, 0.25) is 0 Å². The first kappa shape index (κ1) is 25.1. The van der Waals surface area contributed by atoms with Gasteiger partial charge in [-0.15, -0.1) is 0 Å². The lowest BCUT2D eigenvalue weighted by atomic mass is 9.95. The Labute approximate surface area is 208 Å². The number of rotatable bonds is 5. The summed E-state index contributed by atoms with van der Waals surface area (Å²) in [5.74, 6) is -2.63. The molecule has 1 aliphatic rings. The number of ketones is 1. The Balaban J connectivity index is 1.96. The lowest BCUT2D eigenvalue weighted by Gasteiger charge is -2.26. The third-order valence-corrected chi connectivity index (χ3v) is 5.94. The van der Waals surface area contributed by atoms with Gasteiger partial charge in [-0.05, 0) is 61.0 Å². The van der Waals surface area contributed by atoms with Crippen molar-refractivity contribution in [3.05, 3.63) is 94.0 Å². The smallest absolute Gasteiger partial charge is 0.416 e. The molecule has 0 aliphatic carbocycles. The van der Waals surface area contributed by atoms with Gasteiger partial charge in [0, 0.05) is 11.3 Å². The zero-order chi connectivity index (χ0) is 26.2. The highest BCUT2D eigenvalue weighted by molar-refractivity contribution is 6.52. The van der Waals surface area contributed by atoms with Crippen molar-refractivity contribution in [1.29, 1.82) is 0 Å². The standard InChI is InChI=1S/C26H19ClF3NO5/c1-2-36-18-10-11-20(27)19(13-18)23(33)21-22(14-6-8-17(32)9-7-14)31(25(35)24(21)34)16-5-3-4-15(12-16)26(28,29)30/h3-13,22,32-33H,2H2,1H3/b23-21+. The minimum absolute atomic E-state index is 0.00781. The van der Waals surface area contributed by atoms with Crippen LogP contribution in [-0.2, 0) is 15.8 Å². The minimum atomic E-state index is -4.69. The van der Waals surface area contributed by atoms with E-state index in [1.165, 1.54) is 42.5 Å². The molecule has 186 valence electrons. The number of aliphatic hydroxyl groups is 1. The van der Waals surface area contributed by atoms with Gasteiger partial charge in [0.05, 0.1) is 28.8 Å². The number of alkyl halides is 3. The number of hydrogen-bond acceptors (Lipinski definition) is 5. The van der Waals surface area contributed by atoms with Crippen LogP contribution in [0.25, 0.3) is 5.76 Å². The number of hydrogen-bond donors (Lipinski definition) is 2. The van der Waals surface area contributed by atoms with Crippen LogP contribution in [0.1, 0.15) is 29.7 Å². The van der Waals surface area contributed by atoms with Crippen LogP contribution in [0.2, 0.25) is 5.02 Å². The van der Waals surface area contributed by atoms with Crippen molar-refractivity contribution in [3.8, 4) is 11.5 Å². The van der Waals surface area contributed by atoms with Crippen LogP contribution in [0.15, 0.2) is 72.3 Å². The largest absolute Gasteiger partial charge is 0.508 e. The highest BCUT2D eigenvalue weighted by Crippen LogP contribution is 2.44. The molecule has 1 fully saturated rings. The quantitative estimate of drug-likeness (QED) is 0.243. The molecular weight excluding hydrogens is 499 g/mol. The zero-order valence-electron chi connectivity index (χ0n) is 18.7. The van der Waals surface area contributed by atoms with Crippen molar-refractivity contribution in [1.82, 2.24) is 0 Å². The Kier molecular flexibility index (Phi) is 6.69.